The molecule has 1 aromatic heterocycles. The van der Waals surface area contributed by atoms with Gasteiger partial charge in [-0.2, -0.15) is 0 Å². The molecule has 26 heavy (non-hydrogen) atoms. The first-order chi connectivity index (χ1) is 12.3. The Kier molecular flexibility index (Phi) is 4.53. The largest absolute Gasteiger partial charge is 0.337 e. The first kappa shape index (κ1) is 17.3. The van der Waals surface area contributed by atoms with Gasteiger partial charge >= 0.3 is 0 Å². The molecule has 0 saturated heterocycles. The van der Waals surface area contributed by atoms with Crippen molar-refractivity contribution in [3.63, 3.8) is 0 Å². The van der Waals surface area contributed by atoms with Gasteiger partial charge in [0, 0.05) is 35.8 Å². The Labute approximate surface area is 149 Å². The number of aromatic amines is 1. The third-order valence-corrected chi connectivity index (χ3v) is 4.16. The van der Waals surface area contributed by atoms with E-state index in [9.17, 15) is 19.7 Å². The van der Waals surface area contributed by atoms with Gasteiger partial charge in [-0.15, -0.1) is 0 Å². The van der Waals surface area contributed by atoms with E-state index in [0.717, 1.165) is 16.5 Å². The molecule has 7 nitrogen and oxygen atoms in total. The summed E-state index contributed by atoms with van der Waals surface area (Å²) in [5.41, 5.74) is 2.27. The highest BCUT2D eigenvalue weighted by atomic mass is 16.6. The van der Waals surface area contributed by atoms with Crippen molar-refractivity contribution in [1.29, 1.82) is 0 Å². The van der Waals surface area contributed by atoms with E-state index in [1.165, 1.54) is 29.2 Å². The van der Waals surface area contributed by atoms with Gasteiger partial charge in [0.25, 0.3) is 17.2 Å². The number of aromatic nitrogens is 1. The fraction of sp³-hybridized carbons (Fsp3) is 0.158. The third-order valence-electron chi connectivity index (χ3n) is 4.16. The van der Waals surface area contributed by atoms with Crippen molar-refractivity contribution in [2.75, 3.05) is 7.05 Å². The van der Waals surface area contributed by atoms with E-state index < -0.39 is 4.92 Å². The molecule has 132 valence electrons. The van der Waals surface area contributed by atoms with Gasteiger partial charge in [0.05, 0.1) is 11.5 Å². The summed E-state index contributed by atoms with van der Waals surface area (Å²) in [7, 11) is 1.59. The molecule has 3 aromatic rings. The van der Waals surface area contributed by atoms with Crippen molar-refractivity contribution < 1.29 is 9.72 Å². The molecule has 1 N–H and O–H groups in total. The number of carbonyl (C=O) groups excluding carboxylic acids is 1. The summed E-state index contributed by atoms with van der Waals surface area (Å²) in [6.07, 6.45) is 0. The predicted octanol–water partition coefficient (Wildman–Crippen LogP) is 3.02. The highest BCUT2D eigenvalue weighted by molar-refractivity contribution is 5.94. The number of hydrogen-bond donors (Lipinski definition) is 1. The number of carbonyl (C=O) groups is 1. The topological polar surface area (TPSA) is 96.3 Å². The van der Waals surface area contributed by atoms with E-state index in [2.05, 4.69) is 4.98 Å². The molecule has 0 unspecified atom stereocenters. The summed E-state index contributed by atoms with van der Waals surface area (Å²) in [6, 6.07) is 12.9. The minimum Gasteiger partial charge on any atom is -0.337 e. The first-order valence-corrected chi connectivity index (χ1v) is 7.97. The van der Waals surface area contributed by atoms with Crippen molar-refractivity contribution in [2.45, 2.75) is 13.5 Å². The quantitative estimate of drug-likeness (QED) is 0.577. The molecule has 0 fully saturated rings. The molecule has 0 aliphatic carbocycles. The Hall–Kier alpha value is -3.48. The van der Waals surface area contributed by atoms with E-state index in [4.69, 9.17) is 0 Å². The molecule has 2 aromatic carbocycles. The zero-order valence-corrected chi connectivity index (χ0v) is 14.4. The fourth-order valence-electron chi connectivity index (χ4n) is 2.75. The molecule has 1 amide bonds. The number of rotatable bonds is 4. The number of nitrogens with one attached hydrogen (secondary N) is 1. The van der Waals surface area contributed by atoms with Crippen LogP contribution < -0.4 is 5.56 Å². The molecular formula is C19H17N3O4. The Morgan fingerprint density at radius 2 is 1.85 bits per heavy atom. The number of pyridine rings is 1. The summed E-state index contributed by atoms with van der Waals surface area (Å²) in [4.78, 5) is 39.2. The summed E-state index contributed by atoms with van der Waals surface area (Å²) < 4.78 is 0. The lowest BCUT2D eigenvalue weighted by molar-refractivity contribution is -0.384. The highest BCUT2D eigenvalue weighted by Gasteiger charge is 2.15. The maximum absolute atomic E-state index is 12.5. The average Bonchev–Trinajstić information content (AvgIpc) is 2.62. The number of H-pyrrole nitrogens is 1. The van der Waals surface area contributed by atoms with Crippen LogP contribution in [0.1, 0.15) is 21.5 Å². The monoisotopic (exact) mass is 351 g/mol. The van der Waals surface area contributed by atoms with Crippen molar-refractivity contribution in [1.82, 2.24) is 9.88 Å². The maximum Gasteiger partial charge on any atom is 0.269 e. The second-order valence-corrected chi connectivity index (χ2v) is 6.18. The lowest BCUT2D eigenvalue weighted by Gasteiger charge is -2.17. The molecule has 7 heteroatoms. The van der Waals surface area contributed by atoms with Crippen molar-refractivity contribution in [3.8, 4) is 0 Å². The van der Waals surface area contributed by atoms with Crippen LogP contribution in [-0.4, -0.2) is 27.8 Å². The Bertz CT molecular complexity index is 1050. The molecule has 0 saturated carbocycles. The third kappa shape index (κ3) is 3.46. The van der Waals surface area contributed by atoms with Gasteiger partial charge in [-0.05, 0) is 42.1 Å². The number of fused-ring (bicyclic) bond motifs is 1. The van der Waals surface area contributed by atoms with Crippen LogP contribution in [0.15, 0.2) is 53.3 Å². The zero-order valence-electron chi connectivity index (χ0n) is 14.4. The second kappa shape index (κ2) is 6.79. The average molecular weight is 351 g/mol. The number of hydrogen-bond acceptors (Lipinski definition) is 4. The van der Waals surface area contributed by atoms with Crippen molar-refractivity contribution in [2.24, 2.45) is 0 Å². The Morgan fingerprint density at radius 3 is 2.50 bits per heavy atom. The number of nitro benzene ring substituents is 1. The van der Waals surface area contributed by atoms with E-state index in [1.807, 2.05) is 25.1 Å². The highest BCUT2D eigenvalue weighted by Crippen LogP contribution is 2.16. The predicted molar refractivity (Wildman–Crippen MR) is 98.2 cm³/mol. The van der Waals surface area contributed by atoms with Gasteiger partial charge in [0.2, 0.25) is 0 Å². The normalized spacial score (nSPS) is 10.7. The Balaban J connectivity index is 1.83. The van der Waals surface area contributed by atoms with Crippen LogP contribution in [-0.2, 0) is 6.54 Å². The molecule has 0 radical (unpaired) electrons. The standard InChI is InChI=1S/C19H17N3O4/c1-12-3-4-14-10-15(18(23)20-17(14)9-12)11-21(2)19(24)13-5-7-16(8-6-13)22(25)26/h3-10H,11H2,1-2H3,(H,20,23). The minimum absolute atomic E-state index is 0.0783. The van der Waals surface area contributed by atoms with E-state index >= 15 is 0 Å². The smallest absolute Gasteiger partial charge is 0.269 e. The maximum atomic E-state index is 12.5. The molecule has 0 spiro atoms. The van der Waals surface area contributed by atoms with Crippen LogP contribution in [0.3, 0.4) is 0 Å². The minimum atomic E-state index is -0.520. The van der Waals surface area contributed by atoms with Crippen molar-refractivity contribution >= 4 is 22.5 Å². The molecule has 0 bridgehead atoms. The van der Waals surface area contributed by atoms with Gasteiger partial charge < -0.3 is 9.88 Å². The van der Waals surface area contributed by atoms with Gasteiger partial charge in [0.15, 0.2) is 0 Å². The van der Waals surface area contributed by atoms with E-state index in [1.54, 1.807) is 13.1 Å². The van der Waals surface area contributed by atoms with Gasteiger partial charge in [0.1, 0.15) is 0 Å². The summed E-state index contributed by atoms with van der Waals surface area (Å²) in [5.74, 6) is -0.316. The lowest BCUT2D eigenvalue weighted by atomic mass is 10.1. The van der Waals surface area contributed by atoms with Crippen LogP contribution in [0.4, 0.5) is 5.69 Å². The molecule has 3 rings (SSSR count). The number of nitro groups is 1. The SMILES string of the molecule is Cc1ccc2cc(CN(C)C(=O)c3ccc([N+](=O)[O-])cc3)c(=O)[nH]c2c1. The molecule has 1 heterocycles. The van der Waals surface area contributed by atoms with Gasteiger partial charge in [-0.3, -0.25) is 19.7 Å². The van der Waals surface area contributed by atoms with E-state index in [-0.39, 0.29) is 23.7 Å². The number of nitrogens with zero attached hydrogens (tertiary/aromatic N) is 2. The lowest BCUT2D eigenvalue weighted by Crippen LogP contribution is -2.29. The summed E-state index contributed by atoms with van der Waals surface area (Å²) in [5, 5.41) is 11.6. The number of non-ortho nitro benzene ring substituents is 1. The van der Waals surface area contributed by atoms with Crippen LogP contribution >= 0.6 is 0 Å². The Morgan fingerprint density at radius 1 is 1.15 bits per heavy atom. The summed E-state index contributed by atoms with van der Waals surface area (Å²) >= 11 is 0. The van der Waals surface area contributed by atoms with Gasteiger partial charge in [-0.25, -0.2) is 0 Å². The first-order valence-electron chi connectivity index (χ1n) is 7.97. The zero-order chi connectivity index (χ0) is 18.8. The molecule has 0 atom stereocenters. The number of amides is 1. The number of aryl methyl sites for hydroxylation is 1. The van der Waals surface area contributed by atoms with Crippen LogP contribution in [0, 0.1) is 17.0 Å². The van der Waals surface area contributed by atoms with Crippen LogP contribution in [0.2, 0.25) is 0 Å². The molecule has 0 aliphatic rings. The fourth-order valence-corrected chi connectivity index (χ4v) is 2.75. The van der Waals surface area contributed by atoms with Gasteiger partial charge in [-0.1, -0.05) is 12.1 Å². The molecule has 0 aliphatic heterocycles. The van der Waals surface area contributed by atoms with Crippen LogP contribution in [0.25, 0.3) is 10.9 Å². The van der Waals surface area contributed by atoms with E-state index in [0.29, 0.717) is 11.1 Å². The van der Waals surface area contributed by atoms with Crippen LogP contribution in [0.5, 0.6) is 0 Å². The number of benzene rings is 2. The van der Waals surface area contributed by atoms with Crippen molar-refractivity contribution in [3.05, 3.63) is 85.7 Å². The summed E-state index contributed by atoms with van der Waals surface area (Å²) in [6.45, 7) is 2.08. The second-order valence-electron chi connectivity index (χ2n) is 6.18. The molecular weight excluding hydrogens is 334 g/mol.